The molecular weight excluding hydrogens is 358 g/mol. The van der Waals surface area contributed by atoms with Crippen molar-refractivity contribution in [1.29, 1.82) is 0 Å². The molecule has 1 aromatic carbocycles. The number of hydrogen-bond acceptors (Lipinski definition) is 5. The van der Waals surface area contributed by atoms with Gasteiger partial charge in [-0.3, -0.25) is 9.59 Å². The van der Waals surface area contributed by atoms with Crippen LogP contribution < -0.4 is 15.6 Å². The first kappa shape index (κ1) is 19.4. The molecule has 1 N–H and O–H groups in total. The summed E-state index contributed by atoms with van der Waals surface area (Å²) in [5.41, 5.74) is 1.50. The Morgan fingerprint density at radius 2 is 2.07 bits per heavy atom. The van der Waals surface area contributed by atoms with Gasteiger partial charge in [-0.15, -0.1) is 0 Å². The molecule has 0 bridgehead atoms. The smallest absolute Gasteiger partial charge is 0.255 e. The van der Waals surface area contributed by atoms with Crippen LogP contribution in [0.1, 0.15) is 42.9 Å². The van der Waals surface area contributed by atoms with Crippen molar-refractivity contribution in [3.8, 4) is 17.2 Å². The number of ether oxygens (including phenoxy) is 1. The van der Waals surface area contributed by atoms with Crippen molar-refractivity contribution in [2.45, 2.75) is 33.4 Å². The third kappa shape index (κ3) is 4.31. The number of oxazole rings is 1. The molecule has 0 fully saturated rings. The summed E-state index contributed by atoms with van der Waals surface area (Å²) in [6, 6.07) is 10.4. The van der Waals surface area contributed by atoms with Crippen molar-refractivity contribution >= 4 is 5.91 Å². The second kappa shape index (κ2) is 8.56. The lowest BCUT2D eigenvalue weighted by molar-refractivity contribution is 0.0946. The Labute approximate surface area is 163 Å². The van der Waals surface area contributed by atoms with E-state index in [4.69, 9.17) is 9.15 Å². The van der Waals surface area contributed by atoms with Gasteiger partial charge in [-0.1, -0.05) is 12.1 Å². The molecule has 0 saturated carbocycles. The molecule has 0 unspecified atom stereocenters. The molecule has 0 aliphatic carbocycles. The summed E-state index contributed by atoms with van der Waals surface area (Å²) in [6.45, 7) is 6.43. The standard InChI is InChI=1S/C21H23N3O4/c1-4-27-18-8-6-5-7-17(18)20(26)22-12-16-13-28-21(23-16)15-9-10-24(14(2)3)19(25)11-15/h5-11,13-14H,4,12H2,1-3H3,(H,22,26). The van der Waals surface area contributed by atoms with E-state index in [2.05, 4.69) is 10.3 Å². The summed E-state index contributed by atoms with van der Waals surface area (Å²) in [4.78, 5) is 28.9. The van der Waals surface area contributed by atoms with Crippen molar-refractivity contribution in [2.75, 3.05) is 6.61 Å². The zero-order valence-corrected chi connectivity index (χ0v) is 16.1. The number of hydrogen-bond donors (Lipinski definition) is 1. The highest BCUT2D eigenvalue weighted by atomic mass is 16.5. The number of nitrogens with zero attached hydrogens (tertiary/aromatic N) is 2. The van der Waals surface area contributed by atoms with Crippen LogP contribution in [0.25, 0.3) is 11.5 Å². The summed E-state index contributed by atoms with van der Waals surface area (Å²) < 4.78 is 12.6. The Kier molecular flexibility index (Phi) is 5.93. The highest BCUT2D eigenvalue weighted by Gasteiger charge is 2.14. The van der Waals surface area contributed by atoms with E-state index in [-0.39, 0.29) is 24.1 Å². The molecule has 0 spiro atoms. The van der Waals surface area contributed by atoms with Crippen LogP contribution >= 0.6 is 0 Å². The normalized spacial score (nSPS) is 10.9. The van der Waals surface area contributed by atoms with Gasteiger partial charge < -0.3 is 19.0 Å². The molecule has 146 valence electrons. The number of rotatable bonds is 7. The van der Waals surface area contributed by atoms with Crippen molar-refractivity contribution < 1.29 is 13.9 Å². The molecule has 7 heteroatoms. The Bertz CT molecular complexity index is 1020. The number of carbonyl (C=O) groups is 1. The van der Waals surface area contributed by atoms with Crippen LogP contribution in [0.4, 0.5) is 0 Å². The Balaban J connectivity index is 1.69. The molecule has 3 rings (SSSR count). The quantitative estimate of drug-likeness (QED) is 0.678. The molecule has 0 aliphatic rings. The predicted molar refractivity (Wildman–Crippen MR) is 105 cm³/mol. The predicted octanol–water partition coefficient (Wildman–Crippen LogP) is 3.41. The van der Waals surface area contributed by atoms with E-state index in [1.54, 1.807) is 35.0 Å². The minimum absolute atomic E-state index is 0.0800. The Morgan fingerprint density at radius 3 is 2.79 bits per heavy atom. The Hall–Kier alpha value is -3.35. The van der Waals surface area contributed by atoms with Gasteiger partial charge in [0.2, 0.25) is 5.89 Å². The van der Waals surface area contributed by atoms with E-state index in [1.165, 1.54) is 12.3 Å². The van der Waals surface area contributed by atoms with Gasteiger partial charge in [-0.2, -0.15) is 0 Å². The van der Waals surface area contributed by atoms with Crippen molar-refractivity contribution in [3.05, 3.63) is 70.5 Å². The summed E-state index contributed by atoms with van der Waals surface area (Å²) in [6.07, 6.45) is 3.19. The monoisotopic (exact) mass is 381 g/mol. The zero-order valence-electron chi connectivity index (χ0n) is 16.1. The van der Waals surface area contributed by atoms with E-state index in [9.17, 15) is 9.59 Å². The SMILES string of the molecule is CCOc1ccccc1C(=O)NCc1coc(-c2ccn(C(C)C)c(=O)c2)n1. The number of nitrogens with one attached hydrogen (secondary N) is 1. The fourth-order valence-corrected chi connectivity index (χ4v) is 2.77. The lowest BCUT2D eigenvalue weighted by Gasteiger charge is -2.09. The number of carbonyl (C=O) groups excluding carboxylic acids is 1. The molecule has 2 aromatic heterocycles. The number of benzene rings is 1. The molecule has 0 radical (unpaired) electrons. The van der Waals surface area contributed by atoms with E-state index >= 15 is 0 Å². The fraction of sp³-hybridized carbons (Fsp3) is 0.286. The molecule has 7 nitrogen and oxygen atoms in total. The van der Waals surface area contributed by atoms with Crippen LogP contribution in [0.3, 0.4) is 0 Å². The highest BCUT2D eigenvalue weighted by Crippen LogP contribution is 2.19. The molecule has 2 heterocycles. The van der Waals surface area contributed by atoms with E-state index in [0.29, 0.717) is 35.1 Å². The maximum Gasteiger partial charge on any atom is 0.255 e. The maximum atomic E-state index is 12.4. The number of para-hydroxylation sites is 1. The van der Waals surface area contributed by atoms with Gasteiger partial charge in [0, 0.05) is 23.9 Å². The third-order valence-corrected chi connectivity index (χ3v) is 4.16. The highest BCUT2D eigenvalue weighted by molar-refractivity contribution is 5.96. The van der Waals surface area contributed by atoms with Crippen LogP contribution in [0.15, 0.2) is 58.1 Å². The first-order valence-corrected chi connectivity index (χ1v) is 9.16. The topological polar surface area (TPSA) is 86.4 Å². The third-order valence-electron chi connectivity index (χ3n) is 4.16. The lowest BCUT2D eigenvalue weighted by atomic mass is 10.2. The van der Waals surface area contributed by atoms with Gasteiger partial charge in [-0.05, 0) is 39.0 Å². The van der Waals surface area contributed by atoms with Crippen molar-refractivity contribution in [1.82, 2.24) is 14.9 Å². The minimum Gasteiger partial charge on any atom is -0.493 e. The van der Waals surface area contributed by atoms with Crippen molar-refractivity contribution in [3.63, 3.8) is 0 Å². The van der Waals surface area contributed by atoms with Gasteiger partial charge in [0.15, 0.2) is 0 Å². The second-order valence-electron chi connectivity index (χ2n) is 6.51. The van der Waals surface area contributed by atoms with E-state index in [1.807, 2.05) is 26.8 Å². The largest absolute Gasteiger partial charge is 0.493 e. The average molecular weight is 381 g/mol. The van der Waals surface area contributed by atoms with Crippen molar-refractivity contribution in [2.24, 2.45) is 0 Å². The molecule has 28 heavy (non-hydrogen) atoms. The zero-order chi connectivity index (χ0) is 20.1. The number of pyridine rings is 1. The number of amides is 1. The average Bonchev–Trinajstić information content (AvgIpc) is 3.15. The lowest BCUT2D eigenvalue weighted by Crippen LogP contribution is -2.23. The maximum absolute atomic E-state index is 12.4. The van der Waals surface area contributed by atoms with Crippen LogP contribution in [-0.2, 0) is 6.54 Å². The second-order valence-corrected chi connectivity index (χ2v) is 6.51. The summed E-state index contributed by atoms with van der Waals surface area (Å²) in [5.74, 6) is 0.620. The summed E-state index contributed by atoms with van der Waals surface area (Å²) >= 11 is 0. The van der Waals surface area contributed by atoms with Crippen LogP contribution in [0.5, 0.6) is 5.75 Å². The van der Waals surface area contributed by atoms with Gasteiger partial charge >= 0.3 is 0 Å². The van der Waals surface area contributed by atoms with Crippen LogP contribution in [-0.4, -0.2) is 22.1 Å². The molecule has 0 saturated heterocycles. The first-order chi connectivity index (χ1) is 13.5. The minimum atomic E-state index is -0.256. The molecule has 0 aliphatic heterocycles. The number of aromatic nitrogens is 2. The summed E-state index contributed by atoms with van der Waals surface area (Å²) in [5, 5.41) is 2.81. The van der Waals surface area contributed by atoms with Gasteiger partial charge in [0.25, 0.3) is 11.5 Å². The van der Waals surface area contributed by atoms with Gasteiger partial charge in [0.05, 0.1) is 24.4 Å². The van der Waals surface area contributed by atoms with Crippen LogP contribution in [0, 0.1) is 0 Å². The first-order valence-electron chi connectivity index (χ1n) is 9.16. The van der Waals surface area contributed by atoms with E-state index in [0.717, 1.165) is 0 Å². The fourth-order valence-electron chi connectivity index (χ4n) is 2.77. The van der Waals surface area contributed by atoms with Gasteiger partial charge in [-0.25, -0.2) is 4.98 Å². The summed E-state index contributed by atoms with van der Waals surface area (Å²) in [7, 11) is 0. The van der Waals surface area contributed by atoms with Gasteiger partial charge in [0.1, 0.15) is 12.0 Å². The molecule has 0 atom stereocenters. The molecular formula is C21H23N3O4. The van der Waals surface area contributed by atoms with Crippen LogP contribution in [0.2, 0.25) is 0 Å². The Morgan fingerprint density at radius 1 is 1.29 bits per heavy atom. The molecule has 1 amide bonds. The molecule has 3 aromatic rings. The van der Waals surface area contributed by atoms with E-state index < -0.39 is 0 Å².